The largest absolute Gasteiger partial charge is 0.320 e. The summed E-state index contributed by atoms with van der Waals surface area (Å²) in [6.45, 7) is 5.72. The Balaban J connectivity index is 2.28. The molecule has 0 bridgehead atoms. The first kappa shape index (κ1) is 12.0. The van der Waals surface area contributed by atoms with E-state index in [4.69, 9.17) is 0 Å². The molecule has 0 aliphatic carbocycles. The molecule has 1 amide bonds. The number of rotatable bonds is 3. The van der Waals surface area contributed by atoms with Gasteiger partial charge in [0, 0.05) is 23.6 Å². The summed E-state index contributed by atoms with van der Waals surface area (Å²) in [6, 6.07) is 5.68. The first-order chi connectivity index (χ1) is 8.72. The standard InChI is InChI=1S/C14H13N3O/c1-3-11-10(2)5-4-6-12(11)17-14(18)13-9-15-7-8-16-13/h3-9H,1H2,2H3,(H,17,18). The van der Waals surface area contributed by atoms with E-state index in [1.807, 2.05) is 25.1 Å². The molecule has 18 heavy (non-hydrogen) atoms. The van der Waals surface area contributed by atoms with Crippen LogP contribution in [0.5, 0.6) is 0 Å². The second-order valence-corrected chi connectivity index (χ2v) is 3.79. The van der Waals surface area contributed by atoms with Crippen LogP contribution < -0.4 is 5.32 Å². The number of amides is 1. The highest BCUT2D eigenvalue weighted by molar-refractivity contribution is 6.03. The predicted octanol–water partition coefficient (Wildman–Crippen LogP) is 2.68. The third kappa shape index (κ3) is 2.43. The molecule has 2 aromatic rings. The van der Waals surface area contributed by atoms with Gasteiger partial charge in [-0.2, -0.15) is 0 Å². The van der Waals surface area contributed by atoms with Gasteiger partial charge < -0.3 is 5.32 Å². The van der Waals surface area contributed by atoms with Gasteiger partial charge in [-0.25, -0.2) is 4.98 Å². The van der Waals surface area contributed by atoms with Gasteiger partial charge >= 0.3 is 0 Å². The molecule has 4 nitrogen and oxygen atoms in total. The lowest BCUT2D eigenvalue weighted by Gasteiger charge is -2.10. The lowest BCUT2D eigenvalue weighted by atomic mass is 10.1. The summed E-state index contributed by atoms with van der Waals surface area (Å²) in [4.78, 5) is 19.8. The van der Waals surface area contributed by atoms with Crippen LogP contribution in [-0.2, 0) is 0 Å². The number of nitrogens with zero attached hydrogens (tertiary/aromatic N) is 2. The average Bonchev–Trinajstić information content (AvgIpc) is 2.40. The highest BCUT2D eigenvalue weighted by atomic mass is 16.1. The van der Waals surface area contributed by atoms with E-state index in [2.05, 4.69) is 21.9 Å². The Hall–Kier alpha value is -2.49. The van der Waals surface area contributed by atoms with E-state index in [0.29, 0.717) is 0 Å². The molecule has 4 heteroatoms. The molecule has 90 valence electrons. The second kappa shape index (κ2) is 5.23. The molecule has 0 fully saturated rings. The minimum Gasteiger partial charge on any atom is -0.320 e. The number of carbonyl (C=O) groups is 1. The van der Waals surface area contributed by atoms with Crippen LogP contribution in [0, 0.1) is 6.92 Å². The lowest BCUT2D eigenvalue weighted by Crippen LogP contribution is -2.14. The number of hydrogen-bond donors (Lipinski definition) is 1. The van der Waals surface area contributed by atoms with Crippen molar-refractivity contribution in [3.8, 4) is 0 Å². The van der Waals surface area contributed by atoms with Crippen LogP contribution in [-0.4, -0.2) is 15.9 Å². The summed E-state index contributed by atoms with van der Waals surface area (Å²) in [5, 5.41) is 2.81. The highest BCUT2D eigenvalue weighted by Gasteiger charge is 2.09. The summed E-state index contributed by atoms with van der Waals surface area (Å²) in [7, 11) is 0. The number of carbonyl (C=O) groups excluding carboxylic acids is 1. The van der Waals surface area contributed by atoms with Gasteiger partial charge in [0.15, 0.2) is 0 Å². The lowest BCUT2D eigenvalue weighted by molar-refractivity contribution is 0.102. The second-order valence-electron chi connectivity index (χ2n) is 3.79. The third-order valence-corrected chi connectivity index (χ3v) is 2.57. The number of aryl methyl sites for hydroxylation is 1. The maximum atomic E-state index is 11.9. The Bertz CT molecular complexity index is 579. The molecule has 0 aliphatic rings. The van der Waals surface area contributed by atoms with Crippen molar-refractivity contribution in [1.82, 2.24) is 9.97 Å². The van der Waals surface area contributed by atoms with Gasteiger partial charge in [-0.15, -0.1) is 0 Å². The predicted molar refractivity (Wildman–Crippen MR) is 71.3 cm³/mol. The van der Waals surface area contributed by atoms with Crippen LogP contribution in [0.3, 0.4) is 0 Å². The van der Waals surface area contributed by atoms with Crippen molar-refractivity contribution in [2.75, 3.05) is 5.32 Å². The molecule has 1 aromatic heterocycles. The van der Waals surface area contributed by atoms with Crippen molar-refractivity contribution in [1.29, 1.82) is 0 Å². The van der Waals surface area contributed by atoms with E-state index in [9.17, 15) is 4.79 Å². The maximum absolute atomic E-state index is 11.9. The zero-order chi connectivity index (χ0) is 13.0. The van der Waals surface area contributed by atoms with Crippen LogP contribution in [0.25, 0.3) is 6.08 Å². The molecule has 0 spiro atoms. The summed E-state index contributed by atoms with van der Waals surface area (Å²) >= 11 is 0. The molecular formula is C14H13N3O. The van der Waals surface area contributed by atoms with Crippen LogP contribution >= 0.6 is 0 Å². The molecule has 0 aliphatic heterocycles. The number of anilines is 1. The van der Waals surface area contributed by atoms with Crippen molar-refractivity contribution in [3.63, 3.8) is 0 Å². The van der Waals surface area contributed by atoms with E-state index in [-0.39, 0.29) is 11.6 Å². The fourth-order valence-corrected chi connectivity index (χ4v) is 1.66. The average molecular weight is 239 g/mol. The maximum Gasteiger partial charge on any atom is 0.275 e. The molecule has 1 N–H and O–H groups in total. The van der Waals surface area contributed by atoms with Crippen LogP contribution in [0.2, 0.25) is 0 Å². The Morgan fingerprint density at radius 3 is 2.89 bits per heavy atom. The number of nitrogens with one attached hydrogen (secondary N) is 1. The Morgan fingerprint density at radius 2 is 2.22 bits per heavy atom. The monoisotopic (exact) mass is 239 g/mol. The minimum atomic E-state index is -0.281. The quantitative estimate of drug-likeness (QED) is 0.895. The van der Waals surface area contributed by atoms with Crippen LogP contribution in [0.15, 0.2) is 43.4 Å². The van der Waals surface area contributed by atoms with Gasteiger partial charge in [0.25, 0.3) is 5.91 Å². The van der Waals surface area contributed by atoms with Crippen molar-refractivity contribution in [2.24, 2.45) is 0 Å². The topological polar surface area (TPSA) is 54.9 Å². The van der Waals surface area contributed by atoms with E-state index in [1.54, 1.807) is 6.08 Å². The number of hydrogen-bond acceptors (Lipinski definition) is 3. The Morgan fingerprint density at radius 1 is 1.39 bits per heavy atom. The molecule has 0 atom stereocenters. The van der Waals surface area contributed by atoms with Gasteiger partial charge in [0.05, 0.1) is 6.20 Å². The van der Waals surface area contributed by atoms with Crippen molar-refractivity contribution in [2.45, 2.75) is 6.92 Å². The number of benzene rings is 1. The zero-order valence-corrected chi connectivity index (χ0v) is 10.1. The van der Waals surface area contributed by atoms with Crippen LogP contribution in [0.1, 0.15) is 21.6 Å². The molecule has 0 unspecified atom stereocenters. The Labute approximate surface area is 105 Å². The summed E-state index contributed by atoms with van der Waals surface area (Å²) in [5.74, 6) is -0.281. The molecule has 0 saturated heterocycles. The smallest absolute Gasteiger partial charge is 0.275 e. The molecule has 2 rings (SSSR count). The van der Waals surface area contributed by atoms with E-state index < -0.39 is 0 Å². The summed E-state index contributed by atoms with van der Waals surface area (Å²) < 4.78 is 0. The summed E-state index contributed by atoms with van der Waals surface area (Å²) in [5.41, 5.74) is 2.98. The zero-order valence-electron chi connectivity index (χ0n) is 10.1. The molecule has 1 heterocycles. The third-order valence-electron chi connectivity index (χ3n) is 2.57. The van der Waals surface area contributed by atoms with Gasteiger partial charge in [-0.3, -0.25) is 9.78 Å². The fraction of sp³-hybridized carbons (Fsp3) is 0.0714. The SMILES string of the molecule is C=Cc1c(C)cccc1NC(=O)c1cnccn1. The summed E-state index contributed by atoms with van der Waals surface area (Å²) in [6.07, 6.45) is 6.17. The van der Waals surface area contributed by atoms with Gasteiger partial charge in [0.2, 0.25) is 0 Å². The van der Waals surface area contributed by atoms with Crippen molar-refractivity contribution < 1.29 is 4.79 Å². The van der Waals surface area contributed by atoms with E-state index >= 15 is 0 Å². The Kier molecular flexibility index (Phi) is 3.48. The molecule has 0 saturated carbocycles. The molecule has 0 radical (unpaired) electrons. The fourth-order valence-electron chi connectivity index (χ4n) is 1.66. The van der Waals surface area contributed by atoms with Gasteiger partial charge in [-0.05, 0) is 18.6 Å². The molecule has 1 aromatic carbocycles. The first-order valence-electron chi connectivity index (χ1n) is 5.52. The first-order valence-corrected chi connectivity index (χ1v) is 5.52. The van der Waals surface area contributed by atoms with Gasteiger partial charge in [-0.1, -0.05) is 24.8 Å². The normalized spacial score (nSPS) is 9.83. The van der Waals surface area contributed by atoms with Gasteiger partial charge in [0.1, 0.15) is 5.69 Å². The van der Waals surface area contributed by atoms with Crippen molar-refractivity contribution >= 4 is 17.7 Å². The molecular weight excluding hydrogens is 226 g/mol. The number of aromatic nitrogens is 2. The highest BCUT2D eigenvalue weighted by Crippen LogP contribution is 2.20. The van der Waals surface area contributed by atoms with Crippen LogP contribution in [0.4, 0.5) is 5.69 Å². The van der Waals surface area contributed by atoms with E-state index in [0.717, 1.165) is 16.8 Å². The van der Waals surface area contributed by atoms with E-state index in [1.165, 1.54) is 18.6 Å². The van der Waals surface area contributed by atoms with Crippen molar-refractivity contribution in [3.05, 3.63) is 60.2 Å². The minimum absolute atomic E-state index is 0.281.